The maximum Gasteiger partial charge on any atom is 0.241 e. The van der Waals surface area contributed by atoms with Crippen LogP contribution in [0.25, 0.3) is 0 Å². The van der Waals surface area contributed by atoms with Crippen LogP contribution in [-0.2, 0) is 4.79 Å². The molecule has 4 nitrogen and oxygen atoms in total. The average Bonchev–Trinajstić information content (AvgIpc) is 2.51. The molecule has 0 aliphatic carbocycles. The van der Waals surface area contributed by atoms with Crippen LogP contribution in [0.1, 0.15) is 39.2 Å². The molecule has 1 unspecified atom stereocenters. The van der Waals surface area contributed by atoms with Gasteiger partial charge in [0.2, 0.25) is 5.91 Å². The number of carbonyl (C=O) groups excluding carboxylic acids is 1. The van der Waals surface area contributed by atoms with Crippen molar-refractivity contribution in [3.05, 3.63) is 29.8 Å². The first kappa shape index (κ1) is 17.7. The van der Waals surface area contributed by atoms with Crippen molar-refractivity contribution < 1.29 is 9.90 Å². The number of aliphatic hydroxyl groups excluding tert-OH is 1. The molecule has 0 aliphatic rings. The molecule has 0 spiro atoms. The molecule has 0 heterocycles. The topological polar surface area (TPSA) is 61.4 Å². The fourth-order valence-corrected chi connectivity index (χ4v) is 2.13. The van der Waals surface area contributed by atoms with Crippen molar-refractivity contribution in [2.45, 2.75) is 46.6 Å². The smallest absolute Gasteiger partial charge is 0.241 e. The van der Waals surface area contributed by atoms with Crippen molar-refractivity contribution in [2.75, 3.05) is 18.5 Å². The number of hydrogen-bond donors (Lipinski definition) is 3. The van der Waals surface area contributed by atoms with Gasteiger partial charge in [0.15, 0.2) is 0 Å². The Balaban J connectivity index is 2.53. The van der Waals surface area contributed by atoms with Crippen LogP contribution in [0.4, 0.5) is 5.69 Å². The van der Waals surface area contributed by atoms with Crippen LogP contribution in [0.15, 0.2) is 24.3 Å². The van der Waals surface area contributed by atoms with Gasteiger partial charge < -0.3 is 15.7 Å². The van der Waals surface area contributed by atoms with Gasteiger partial charge in [-0.3, -0.25) is 4.79 Å². The second kappa shape index (κ2) is 8.15. The first-order valence-corrected chi connectivity index (χ1v) is 7.68. The predicted octanol–water partition coefficient (Wildman–Crippen LogP) is 2.71. The van der Waals surface area contributed by atoms with E-state index in [9.17, 15) is 9.90 Å². The molecular weight excluding hydrogens is 264 g/mol. The Morgan fingerprint density at radius 2 is 1.81 bits per heavy atom. The lowest BCUT2D eigenvalue weighted by Crippen LogP contribution is -2.45. The van der Waals surface area contributed by atoms with E-state index in [-0.39, 0.29) is 24.0 Å². The quantitative estimate of drug-likeness (QED) is 0.690. The summed E-state index contributed by atoms with van der Waals surface area (Å²) in [5.41, 5.74) is 1.83. The second-order valence-electron chi connectivity index (χ2n) is 5.82. The predicted molar refractivity (Wildman–Crippen MR) is 87.4 cm³/mol. The number of benzene rings is 1. The van der Waals surface area contributed by atoms with E-state index < -0.39 is 0 Å². The Hall–Kier alpha value is -1.39. The van der Waals surface area contributed by atoms with Gasteiger partial charge in [-0.2, -0.15) is 0 Å². The van der Waals surface area contributed by atoms with E-state index in [0.717, 1.165) is 24.1 Å². The van der Waals surface area contributed by atoms with Gasteiger partial charge in [0.25, 0.3) is 0 Å². The number of anilines is 1. The lowest BCUT2D eigenvalue weighted by molar-refractivity contribution is -0.118. The zero-order chi connectivity index (χ0) is 15.9. The molecule has 0 aliphatic heterocycles. The molecule has 1 aromatic rings. The van der Waals surface area contributed by atoms with Gasteiger partial charge in [-0.15, -0.1) is 0 Å². The minimum absolute atomic E-state index is 0.0575. The molecule has 1 aromatic carbocycles. The number of hydrogen-bond acceptors (Lipinski definition) is 3. The van der Waals surface area contributed by atoms with E-state index in [1.165, 1.54) is 0 Å². The van der Waals surface area contributed by atoms with E-state index in [2.05, 4.69) is 24.5 Å². The standard InChI is InChI=1S/C17H28N2O2/c1-5-17(6-2,12-20)11-18-14(4)16(21)19-15-9-7-13(3)8-10-15/h7-10,14,18,20H,5-6,11-12H2,1-4H3,(H,19,21). The highest BCUT2D eigenvalue weighted by Gasteiger charge is 2.26. The third kappa shape index (κ3) is 5.14. The van der Waals surface area contributed by atoms with Crippen molar-refractivity contribution in [1.29, 1.82) is 0 Å². The number of nitrogens with one attached hydrogen (secondary N) is 2. The molecule has 1 rings (SSSR count). The molecule has 4 heteroatoms. The Morgan fingerprint density at radius 1 is 1.24 bits per heavy atom. The molecule has 118 valence electrons. The third-order valence-corrected chi connectivity index (χ3v) is 4.33. The molecular formula is C17H28N2O2. The molecule has 0 saturated carbocycles. The number of aryl methyl sites for hydroxylation is 1. The lowest BCUT2D eigenvalue weighted by Gasteiger charge is -2.31. The molecule has 1 amide bonds. The van der Waals surface area contributed by atoms with Gasteiger partial charge in [0.1, 0.15) is 0 Å². The molecule has 0 bridgehead atoms. The number of carbonyl (C=O) groups is 1. The highest BCUT2D eigenvalue weighted by Crippen LogP contribution is 2.24. The molecule has 3 N–H and O–H groups in total. The summed E-state index contributed by atoms with van der Waals surface area (Å²) in [5, 5.41) is 15.7. The van der Waals surface area contributed by atoms with Crippen molar-refractivity contribution in [1.82, 2.24) is 5.32 Å². The summed E-state index contributed by atoms with van der Waals surface area (Å²) < 4.78 is 0. The normalized spacial score (nSPS) is 13.0. The minimum Gasteiger partial charge on any atom is -0.396 e. The lowest BCUT2D eigenvalue weighted by atomic mass is 9.83. The van der Waals surface area contributed by atoms with Crippen LogP contribution in [0, 0.1) is 12.3 Å². The van der Waals surface area contributed by atoms with Gasteiger partial charge in [0, 0.05) is 24.3 Å². The average molecular weight is 292 g/mol. The number of aliphatic hydroxyl groups is 1. The molecule has 0 aromatic heterocycles. The molecule has 1 atom stereocenters. The zero-order valence-electron chi connectivity index (χ0n) is 13.6. The van der Waals surface area contributed by atoms with Crippen LogP contribution in [0.2, 0.25) is 0 Å². The van der Waals surface area contributed by atoms with Crippen molar-refractivity contribution >= 4 is 11.6 Å². The molecule has 0 fully saturated rings. The van der Waals surface area contributed by atoms with Crippen LogP contribution < -0.4 is 10.6 Å². The fourth-order valence-electron chi connectivity index (χ4n) is 2.13. The maximum absolute atomic E-state index is 12.1. The van der Waals surface area contributed by atoms with Crippen LogP contribution in [-0.4, -0.2) is 30.2 Å². The highest BCUT2D eigenvalue weighted by molar-refractivity contribution is 5.94. The summed E-state index contributed by atoms with van der Waals surface area (Å²) in [5.74, 6) is -0.0575. The van der Waals surface area contributed by atoms with Gasteiger partial charge >= 0.3 is 0 Å². The van der Waals surface area contributed by atoms with Gasteiger partial charge in [-0.05, 0) is 38.8 Å². The summed E-state index contributed by atoms with van der Waals surface area (Å²) in [7, 11) is 0. The van der Waals surface area contributed by atoms with E-state index in [4.69, 9.17) is 0 Å². The Labute approximate surface area is 128 Å². The van der Waals surface area contributed by atoms with Gasteiger partial charge in [-0.25, -0.2) is 0 Å². The van der Waals surface area contributed by atoms with E-state index in [1.54, 1.807) is 0 Å². The van der Waals surface area contributed by atoms with E-state index >= 15 is 0 Å². The Morgan fingerprint density at radius 3 is 2.29 bits per heavy atom. The largest absolute Gasteiger partial charge is 0.396 e. The Bertz CT molecular complexity index is 430. The maximum atomic E-state index is 12.1. The van der Waals surface area contributed by atoms with E-state index in [1.807, 2.05) is 38.1 Å². The van der Waals surface area contributed by atoms with Gasteiger partial charge in [-0.1, -0.05) is 31.5 Å². The summed E-state index contributed by atoms with van der Waals surface area (Å²) in [4.78, 5) is 12.1. The third-order valence-electron chi connectivity index (χ3n) is 4.33. The highest BCUT2D eigenvalue weighted by atomic mass is 16.3. The monoisotopic (exact) mass is 292 g/mol. The summed E-state index contributed by atoms with van der Waals surface area (Å²) >= 11 is 0. The summed E-state index contributed by atoms with van der Waals surface area (Å²) in [6.07, 6.45) is 1.78. The van der Waals surface area contributed by atoms with Gasteiger partial charge in [0.05, 0.1) is 6.04 Å². The molecule has 21 heavy (non-hydrogen) atoms. The Kier molecular flexibility index (Phi) is 6.85. The zero-order valence-corrected chi connectivity index (χ0v) is 13.6. The first-order chi connectivity index (χ1) is 9.96. The minimum atomic E-state index is -0.296. The summed E-state index contributed by atoms with van der Waals surface area (Å²) in [6.45, 7) is 8.77. The first-order valence-electron chi connectivity index (χ1n) is 7.68. The van der Waals surface area contributed by atoms with E-state index in [0.29, 0.717) is 6.54 Å². The summed E-state index contributed by atoms with van der Waals surface area (Å²) in [6, 6.07) is 7.44. The van der Waals surface area contributed by atoms with Crippen molar-refractivity contribution in [3.63, 3.8) is 0 Å². The molecule has 0 saturated heterocycles. The van der Waals surface area contributed by atoms with Crippen molar-refractivity contribution in [3.8, 4) is 0 Å². The van der Waals surface area contributed by atoms with Crippen molar-refractivity contribution in [2.24, 2.45) is 5.41 Å². The SMILES string of the molecule is CCC(CC)(CO)CNC(C)C(=O)Nc1ccc(C)cc1. The van der Waals surface area contributed by atoms with Crippen LogP contribution in [0.5, 0.6) is 0 Å². The number of amides is 1. The van der Waals surface area contributed by atoms with Crippen LogP contribution in [0.3, 0.4) is 0 Å². The number of rotatable bonds is 8. The molecule has 0 radical (unpaired) electrons. The fraction of sp³-hybridized carbons (Fsp3) is 0.588. The second-order valence-corrected chi connectivity index (χ2v) is 5.82. The van der Waals surface area contributed by atoms with Crippen LogP contribution >= 0.6 is 0 Å².